The molecule has 2 heterocycles. The first-order valence-corrected chi connectivity index (χ1v) is 9.61. The first-order valence-electron chi connectivity index (χ1n) is 8.80. The molecule has 0 fully saturated rings. The Morgan fingerprint density at radius 2 is 1.96 bits per heavy atom. The van der Waals surface area contributed by atoms with Crippen molar-refractivity contribution >= 4 is 17.2 Å². The van der Waals surface area contributed by atoms with Gasteiger partial charge in [0.05, 0.1) is 11.4 Å². The Hall–Kier alpha value is -2.54. The van der Waals surface area contributed by atoms with Crippen molar-refractivity contribution in [1.82, 2.24) is 20.1 Å². The summed E-state index contributed by atoms with van der Waals surface area (Å²) in [6.45, 7) is 7.75. The summed E-state index contributed by atoms with van der Waals surface area (Å²) < 4.78 is 15.9. The molecule has 1 aromatic carbocycles. The highest BCUT2D eigenvalue weighted by Crippen LogP contribution is 2.29. The number of aromatic nitrogens is 3. The van der Waals surface area contributed by atoms with Crippen LogP contribution in [0.1, 0.15) is 39.2 Å². The van der Waals surface area contributed by atoms with Crippen LogP contribution in [0.3, 0.4) is 0 Å². The largest absolute Gasteiger partial charge is 0.348 e. The number of thiazole rings is 1. The van der Waals surface area contributed by atoms with Crippen molar-refractivity contribution < 1.29 is 9.18 Å². The van der Waals surface area contributed by atoms with E-state index in [0.29, 0.717) is 27.6 Å². The van der Waals surface area contributed by atoms with E-state index in [-0.39, 0.29) is 17.8 Å². The molecule has 0 saturated carbocycles. The van der Waals surface area contributed by atoms with Crippen molar-refractivity contribution in [1.29, 1.82) is 0 Å². The van der Waals surface area contributed by atoms with Crippen molar-refractivity contribution in [2.75, 3.05) is 0 Å². The van der Waals surface area contributed by atoms with Crippen molar-refractivity contribution in [3.05, 3.63) is 57.6 Å². The number of rotatable bonds is 5. The van der Waals surface area contributed by atoms with E-state index < -0.39 is 0 Å². The van der Waals surface area contributed by atoms with E-state index in [1.165, 1.54) is 17.4 Å². The highest BCUT2D eigenvalue weighted by molar-refractivity contribution is 7.17. The normalized spacial score (nSPS) is 12.2. The van der Waals surface area contributed by atoms with Crippen molar-refractivity contribution in [3.63, 3.8) is 0 Å². The zero-order chi connectivity index (χ0) is 19.7. The first-order chi connectivity index (χ1) is 12.8. The third-order valence-electron chi connectivity index (χ3n) is 4.65. The lowest BCUT2D eigenvalue weighted by atomic mass is 10.1. The maximum Gasteiger partial charge on any atom is 0.263 e. The fourth-order valence-corrected chi connectivity index (χ4v) is 4.11. The average Bonchev–Trinajstić information content (AvgIpc) is 3.10. The van der Waals surface area contributed by atoms with Gasteiger partial charge in [0.25, 0.3) is 5.91 Å². The number of halogens is 1. The second kappa shape index (κ2) is 7.60. The summed E-state index contributed by atoms with van der Waals surface area (Å²) in [5.41, 5.74) is 4.26. The smallest absolute Gasteiger partial charge is 0.263 e. The average molecular weight is 386 g/mol. The van der Waals surface area contributed by atoms with E-state index in [4.69, 9.17) is 0 Å². The lowest BCUT2D eigenvalue weighted by molar-refractivity contribution is 0.0943. The molecule has 0 saturated heterocycles. The molecule has 5 nitrogen and oxygen atoms in total. The van der Waals surface area contributed by atoms with Crippen molar-refractivity contribution in [2.24, 2.45) is 7.05 Å². The van der Waals surface area contributed by atoms with Gasteiger partial charge < -0.3 is 5.32 Å². The summed E-state index contributed by atoms with van der Waals surface area (Å²) in [6, 6.07) is 6.41. The zero-order valence-electron chi connectivity index (χ0n) is 16.1. The van der Waals surface area contributed by atoms with Gasteiger partial charge in [0.15, 0.2) is 0 Å². The van der Waals surface area contributed by atoms with Crippen LogP contribution >= 0.6 is 11.3 Å². The Morgan fingerprint density at radius 3 is 2.59 bits per heavy atom. The van der Waals surface area contributed by atoms with E-state index >= 15 is 0 Å². The Bertz CT molecular complexity index is 992. The van der Waals surface area contributed by atoms with Gasteiger partial charge in [-0.1, -0.05) is 12.1 Å². The molecule has 7 heteroatoms. The van der Waals surface area contributed by atoms with Gasteiger partial charge in [0, 0.05) is 24.3 Å². The second-order valence-electron chi connectivity index (χ2n) is 6.77. The molecule has 1 atom stereocenters. The molecule has 0 radical (unpaired) electrons. The molecule has 2 aromatic heterocycles. The Kier molecular flexibility index (Phi) is 5.41. The number of nitrogens with zero attached hydrogens (tertiary/aromatic N) is 3. The van der Waals surface area contributed by atoms with Gasteiger partial charge in [0.1, 0.15) is 15.7 Å². The molecule has 0 spiro atoms. The van der Waals surface area contributed by atoms with Gasteiger partial charge in [-0.05, 0) is 51.8 Å². The van der Waals surface area contributed by atoms with Gasteiger partial charge >= 0.3 is 0 Å². The van der Waals surface area contributed by atoms with Crippen LogP contribution in [0.5, 0.6) is 0 Å². The van der Waals surface area contributed by atoms with E-state index in [2.05, 4.69) is 15.4 Å². The quantitative estimate of drug-likeness (QED) is 0.722. The van der Waals surface area contributed by atoms with Crippen LogP contribution in [0.15, 0.2) is 24.3 Å². The van der Waals surface area contributed by atoms with Gasteiger partial charge in [0.2, 0.25) is 0 Å². The minimum Gasteiger partial charge on any atom is -0.348 e. The van der Waals surface area contributed by atoms with Crippen LogP contribution in [0.4, 0.5) is 4.39 Å². The van der Waals surface area contributed by atoms with Crippen LogP contribution < -0.4 is 5.32 Å². The van der Waals surface area contributed by atoms with Crippen molar-refractivity contribution in [2.45, 2.75) is 40.2 Å². The molecule has 0 unspecified atom stereocenters. The minimum absolute atomic E-state index is 0.0579. The van der Waals surface area contributed by atoms with E-state index in [0.717, 1.165) is 17.0 Å². The molecular weight excluding hydrogens is 363 g/mol. The highest BCUT2D eigenvalue weighted by Gasteiger charge is 2.20. The Balaban J connectivity index is 1.75. The van der Waals surface area contributed by atoms with E-state index in [1.807, 2.05) is 32.5 Å². The van der Waals surface area contributed by atoms with Crippen LogP contribution in [-0.2, 0) is 13.5 Å². The van der Waals surface area contributed by atoms with Gasteiger partial charge in [-0.15, -0.1) is 11.3 Å². The topological polar surface area (TPSA) is 59.8 Å². The monoisotopic (exact) mass is 386 g/mol. The summed E-state index contributed by atoms with van der Waals surface area (Å²) in [5.74, 6) is -0.520. The van der Waals surface area contributed by atoms with Gasteiger partial charge in [-0.3, -0.25) is 9.48 Å². The number of carbonyl (C=O) groups excluding carboxylic acids is 1. The third-order valence-corrected chi connectivity index (χ3v) is 5.84. The Morgan fingerprint density at radius 1 is 1.26 bits per heavy atom. The summed E-state index contributed by atoms with van der Waals surface area (Å²) in [6.07, 6.45) is 0.704. The maximum atomic E-state index is 14.0. The van der Waals surface area contributed by atoms with Crippen molar-refractivity contribution in [3.8, 4) is 10.6 Å². The fourth-order valence-electron chi connectivity index (χ4n) is 3.12. The standard InChI is InChI=1S/C20H23FN4OS/c1-11(10-16-12(2)24-25(5)14(16)4)22-19(26)18-13(3)23-20(27-18)15-8-6-7-9-17(15)21/h6-9,11H,10H2,1-5H3,(H,22,26)/t11-/m1/s1. The lowest BCUT2D eigenvalue weighted by Crippen LogP contribution is -2.34. The molecule has 0 aliphatic heterocycles. The molecule has 27 heavy (non-hydrogen) atoms. The minimum atomic E-state index is -0.339. The molecule has 0 aliphatic carbocycles. The van der Waals surface area contributed by atoms with E-state index in [9.17, 15) is 9.18 Å². The van der Waals surface area contributed by atoms with Crippen LogP contribution in [0.25, 0.3) is 10.6 Å². The molecule has 3 aromatic rings. The molecule has 0 aliphatic rings. The molecule has 3 rings (SSSR count). The van der Waals surface area contributed by atoms with Gasteiger partial charge in [-0.25, -0.2) is 9.37 Å². The first kappa shape index (κ1) is 19.2. The maximum absolute atomic E-state index is 14.0. The van der Waals surface area contributed by atoms with Crippen LogP contribution in [0, 0.1) is 26.6 Å². The number of aryl methyl sites for hydroxylation is 3. The second-order valence-corrected chi connectivity index (χ2v) is 7.76. The summed E-state index contributed by atoms with van der Waals surface area (Å²) in [7, 11) is 1.92. The predicted octanol–water partition coefficient (Wildman–Crippen LogP) is 3.97. The molecule has 1 N–H and O–H groups in total. The fraction of sp³-hybridized carbons (Fsp3) is 0.350. The molecular formula is C20H23FN4OS. The van der Waals surface area contributed by atoms with E-state index in [1.54, 1.807) is 25.1 Å². The molecule has 142 valence electrons. The number of hydrogen-bond donors (Lipinski definition) is 1. The SMILES string of the molecule is Cc1nc(-c2ccccc2F)sc1C(=O)N[C@H](C)Cc1c(C)nn(C)c1C. The number of nitrogens with one attached hydrogen (secondary N) is 1. The Labute approximate surface area is 162 Å². The number of carbonyl (C=O) groups is 1. The summed E-state index contributed by atoms with van der Waals surface area (Å²) in [5, 5.41) is 7.97. The molecule has 0 bridgehead atoms. The lowest BCUT2D eigenvalue weighted by Gasteiger charge is -2.14. The predicted molar refractivity (Wildman–Crippen MR) is 106 cm³/mol. The van der Waals surface area contributed by atoms with Crippen LogP contribution in [-0.4, -0.2) is 26.7 Å². The summed E-state index contributed by atoms with van der Waals surface area (Å²) >= 11 is 1.21. The number of benzene rings is 1. The van der Waals surface area contributed by atoms with Gasteiger partial charge in [-0.2, -0.15) is 5.10 Å². The molecule has 1 amide bonds. The number of hydrogen-bond acceptors (Lipinski definition) is 4. The van der Waals surface area contributed by atoms with Crippen LogP contribution in [0.2, 0.25) is 0 Å². The zero-order valence-corrected chi connectivity index (χ0v) is 16.9. The third kappa shape index (κ3) is 3.93. The number of amides is 1. The highest BCUT2D eigenvalue weighted by atomic mass is 32.1. The summed E-state index contributed by atoms with van der Waals surface area (Å²) in [4.78, 5) is 17.6.